The third-order valence-corrected chi connectivity index (χ3v) is 3.61. The van der Waals surface area contributed by atoms with E-state index in [4.69, 9.17) is 10.5 Å². The summed E-state index contributed by atoms with van der Waals surface area (Å²) in [6.07, 6.45) is 2.91. The Hall–Kier alpha value is -0.610. The van der Waals surface area contributed by atoms with E-state index in [0.717, 1.165) is 19.3 Å². The molecular formula is C12H24N2O2. The molecule has 3 unspecified atom stereocenters. The first kappa shape index (κ1) is 13.5. The van der Waals surface area contributed by atoms with Gasteiger partial charge in [0.25, 0.3) is 0 Å². The van der Waals surface area contributed by atoms with Gasteiger partial charge in [-0.25, -0.2) is 0 Å². The molecule has 0 aromatic carbocycles. The van der Waals surface area contributed by atoms with E-state index in [-0.39, 0.29) is 17.4 Å². The predicted octanol–water partition coefficient (Wildman–Crippen LogP) is 0.903. The average molecular weight is 228 g/mol. The van der Waals surface area contributed by atoms with Crippen LogP contribution in [-0.4, -0.2) is 32.2 Å². The molecule has 0 saturated heterocycles. The van der Waals surface area contributed by atoms with Crippen LogP contribution in [0, 0.1) is 11.3 Å². The number of nitrogens with one attached hydrogen (secondary N) is 1. The fourth-order valence-corrected chi connectivity index (χ4v) is 2.29. The van der Waals surface area contributed by atoms with E-state index in [2.05, 4.69) is 12.2 Å². The van der Waals surface area contributed by atoms with Gasteiger partial charge in [-0.3, -0.25) is 4.79 Å². The summed E-state index contributed by atoms with van der Waals surface area (Å²) >= 11 is 0. The zero-order valence-electron chi connectivity index (χ0n) is 10.6. The van der Waals surface area contributed by atoms with Crippen molar-refractivity contribution in [2.75, 3.05) is 20.3 Å². The molecule has 0 aromatic rings. The predicted molar refractivity (Wildman–Crippen MR) is 64.0 cm³/mol. The van der Waals surface area contributed by atoms with Crippen LogP contribution in [0.1, 0.15) is 33.1 Å². The van der Waals surface area contributed by atoms with Gasteiger partial charge in [0.05, 0.1) is 12.0 Å². The minimum absolute atomic E-state index is 0.00484. The fourth-order valence-electron chi connectivity index (χ4n) is 2.29. The molecule has 0 bridgehead atoms. The minimum atomic E-state index is -0.368. The van der Waals surface area contributed by atoms with Gasteiger partial charge in [0.2, 0.25) is 5.91 Å². The number of carbonyl (C=O) groups excluding carboxylic acids is 1. The normalized spacial score (nSPS) is 31.4. The molecule has 3 N–H and O–H groups in total. The van der Waals surface area contributed by atoms with Crippen LogP contribution in [0.15, 0.2) is 0 Å². The van der Waals surface area contributed by atoms with E-state index in [0.29, 0.717) is 19.1 Å². The van der Waals surface area contributed by atoms with Crippen molar-refractivity contribution in [3.8, 4) is 0 Å². The summed E-state index contributed by atoms with van der Waals surface area (Å²) in [7, 11) is 1.67. The van der Waals surface area contributed by atoms with Gasteiger partial charge in [-0.1, -0.05) is 13.3 Å². The maximum absolute atomic E-state index is 12.1. The fraction of sp³-hybridized carbons (Fsp3) is 0.917. The van der Waals surface area contributed by atoms with Crippen LogP contribution in [0.2, 0.25) is 0 Å². The minimum Gasteiger partial charge on any atom is -0.384 e. The summed E-state index contributed by atoms with van der Waals surface area (Å²) in [4.78, 5) is 12.1. The average Bonchev–Trinajstić information content (AvgIpc) is 2.57. The number of ether oxygens (including phenoxy) is 1. The SMILES string of the molecule is COCC(C)CNC(=O)C1(C)CCCC1N. The van der Waals surface area contributed by atoms with Gasteiger partial charge in [-0.2, -0.15) is 0 Å². The lowest BCUT2D eigenvalue weighted by Gasteiger charge is -2.28. The lowest BCUT2D eigenvalue weighted by Crippen LogP contribution is -2.48. The van der Waals surface area contributed by atoms with Crippen molar-refractivity contribution in [1.82, 2.24) is 5.32 Å². The van der Waals surface area contributed by atoms with Gasteiger partial charge in [0.15, 0.2) is 0 Å². The van der Waals surface area contributed by atoms with Crippen LogP contribution in [-0.2, 0) is 9.53 Å². The largest absolute Gasteiger partial charge is 0.384 e. The van der Waals surface area contributed by atoms with Gasteiger partial charge in [-0.15, -0.1) is 0 Å². The van der Waals surface area contributed by atoms with E-state index in [9.17, 15) is 4.79 Å². The number of amides is 1. The molecule has 1 rings (SSSR count). The maximum Gasteiger partial charge on any atom is 0.227 e. The highest BCUT2D eigenvalue weighted by Crippen LogP contribution is 2.36. The second kappa shape index (κ2) is 5.64. The molecule has 1 aliphatic carbocycles. The van der Waals surface area contributed by atoms with Crippen molar-refractivity contribution >= 4 is 5.91 Å². The van der Waals surface area contributed by atoms with Crippen molar-refractivity contribution in [2.45, 2.75) is 39.2 Å². The Bertz CT molecular complexity index is 245. The highest BCUT2D eigenvalue weighted by atomic mass is 16.5. The molecule has 3 atom stereocenters. The number of hydrogen-bond acceptors (Lipinski definition) is 3. The first-order valence-electron chi connectivity index (χ1n) is 6.03. The Morgan fingerprint density at radius 3 is 2.88 bits per heavy atom. The van der Waals surface area contributed by atoms with Crippen molar-refractivity contribution < 1.29 is 9.53 Å². The van der Waals surface area contributed by atoms with Crippen molar-refractivity contribution in [3.05, 3.63) is 0 Å². The summed E-state index contributed by atoms with van der Waals surface area (Å²) in [6.45, 7) is 5.36. The molecule has 0 heterocycles. The number of rotatable bonds is 5. The van der Waals surface area contributed by atoms with Gasteiger partial charge in [0, 0.05) is 19.7 Å². The number of nitrogens with two attached hydrogens (primary N) is 1. The zero-order valence-corrected chi connectivity index (χ0v) is 10.6. The highest BCUT2D eigenvalue weighted by molar-refractivity contribution is 5.83. The lowest BCUT2D eigenvalue weighted by atomic mass is 9.84. The summed E-state index contributed by atoms with van der Waals surface area (Å²) < 4.78 is 5.03. The molecule has 0 radical (unpaired) electrons. The lowest BCUT2D eigenvalue weighted by molar-refractivity contribution is -0.130. The van der Waals surface area contributed by atoms with Crippen LogP contribution in [0.5, 0.6) is 0 Å². The van der Waals surface area contributed by atoms with Gasteiger partial charge in [0.1, 0.15) is 0 Å². The Morgan fingerprint density at radius 2 is 2.38 bits per heavy atom. The molecule has 0 aromatic heterocycles. The first-order valence-corrected chi connectivity index (χ1v) is 6.03. The molecular weight excluding hydrogens is 204 g/mol. The second-order valence-electron chi connectivity index (χ2n) is 5.19. The second-order valence-corrected chi connectivity index (χ2v) is 5.19. The summed E-state index contributed by atoms with van der Waals surface area (Å²) in [5, 5.41) is 2.98. The topological polar surface area (TPSA) is 64.3 Å². The number of carbonyl (C=O) groups is 1. The van der Waals surface area contributed by atoms with Crippen LogP contribution in [0.4, 0.5) is 0 Å². The number of hydrogen-bond donors (Lipinski definition) is 2. The van der Waals surface area contributed by atoms with Gasteiger partial charge in [-0.05, 0) is 25.7 Å². The van der Waals surface area contributed by atoms with Crippen molar-refractivity contribution in [3.63, 3.8) is 0 Å². The quantitative estimate of drug-likeness (QED) is 0.735. The van der Waals surface area contributed by atoms with Crippen molar-refractivity contribution in [2.24, 2.45) is 17.1 Å². The number of methoxy groups -OCH3 is 1. The van der Waals surface area contributed by atoms with E-state index in [1.54, 1.807) is 7.11 Å². The molecule has 1 amide bonds. The van der Waals surface area contributed by atoms with E-state index in [1.165, 1.54) is 0 Å². The van der Waals surface area contributed by atoms with Crippen molar-refractivity contribution in [1.29, 1.82) is 0 Å². The Labute approximate surface area is 97.9 Å². The van der Waals surface area contributed by atoms with E-state index in [1.807, 2.05) is 6.92 Å². The molecule has 0 spiro atoms. The third-order valence-electron chi connectivity index (χ3n) is 3.61. The molecule has 16 heavy (non-hydrogen) atoms. The maximum atomic E-state index is 12.1. The smallest absolute Gasteiger partial charge is 0.227 e. The zero-order chi connectivity index (χ0) is 12.2. The molecule has 94 valence electrons. The highest BCUT2D eigenvalue weighted by Gasteiger charge is 2.42. The monoisotopic (exact) mass is 228 g/mol. The Balaban J connectivity index is 2.40. The summed E-state index contributed by atoms with van der Waals surface area (Å²) in [6, 6.07) is 0.00484. The molecule has 4 heteroatoms. The molecule has 1 aliphatic rings. The molecule has 0 aliphatic heterocycles. The van der Waals surface area contributed by atoms with Crippen LogP contribution in [0.25, 0.3) is 0 Å². The van der Waals surface area contributed by atoms with Gasteiger partial charge >= 0.3 is 0 Å². The van der Waals surface area contributed by atoms with E-state index >= 15 is 0 Å². The summed E-state index contributed by atoms with van der Waals surface area (Å²) in [5.74, 6) is 0.440. The molecule has 4 nitrogen and oxygen atoms in total. The third kappa shape index (κ3) is 2.95. The Morgan fingerprint density at radius 1 is 1.69 bits per heavy atom. The standard InChI is InChI=1S/C12H24N2O2/c1-9(8-16-3)7-14-11(15)12(2)6-4-5-10(12)13/h9-10H,4-8,13H2,1-3H3,(H,14,15). The van der Waals surface area contributed by atoms with Gasteiger partial charge < -0.3 is 15.8 Å². The molecule has 1 fully saturated rings. The Kier molecular flexibility index (Phi) is 4.74. The first-order chi connectivity index (χ1) is 7.50. The van der Waals surface area contributed by atoms with Crippen LogP contribution >= 0.6 is 0 Å². The van der Waals surface area contributed by atoms with Crippen LogP contribution in [0.3, 0.4) is 0 Å². The molecule has 1 saturated carbocycles. The van der Waals surface area contributed by atoms with E-state index < -0.39 is 0 Å². The summed E-state index contributed by atoms with van der Waals surface area (Å²) in [5.41, 5.74) is 5.63. The van der Waals surface area contributed by atoms with Crippen LogP contribution < -0.4 is 11.1 Å².